The van der Waals surface area contributed by atoms with E-state index in [9.17, 15) is 18.4 Å². The maximum absolute atomic E-state index is 12.3. The van der Waals surface area contributed by atoms with Crippen molar-refractivity contribution in [3.8, 4) is 11.5 Å². The number of carbonyl (C=O) groups excluding carboxylic acids is 2. The Balaban J connectivity index is 1.51. The van der Waals surface area contributed by atoms with Gasteiger partial charge in [-0.3, -0.25) is 9.59 Å². The molecule has 6 nitrogen and oxygen atoms in total. The molecular weight excluding hydrogens is 370 g/mol. The molecule has 2 aromatic rings. The van der Waals surface area contributed by atoms with E-state index >= 15 is 0 Å². The zero-order valence-corrected chi connectivity index (χ0v) is 15.3. The Bertz CT molecular complexity index is 856. The SMILES string of the molecule is CN(Cc1ccc(OC(F)F)cc1)C(=O)COc1ccc2c(c1)CCC(=O)N2. The first kappa shape index (κ1) is 19.6. The van der Waals surface area contributed by atoms with Crippen LogP contribution in [-0.2, 0) is 22.6 Å². The van der Waals surface area contributed by atoms with Gasteiger partial charge in [-0.05, 0) is 47.9 Å². The van der Waals surface area contributed by atoms with Gasteiger partial charge in [0, 0.05) is 25.7 Å². The van der Waals surface area contributed by atoms with E-state index in [2.05, 4.69) is 10.1 Å². The number of nitrogens with zero attached hydrogens (tertiary/aromatic N) is 1. The number of ether oxygens (including phenoxy) is 2. The first-order chi connectivity index (χ1) is 13.4. The third-order valence-electron chi connectivity index (χ3n) is 4.33. The van der Waals surface area contributed by atoms with Crippen LogP contribution in [0.1, 0.15) is 17.5 Å². The maximum Gasteiger partial charge on any atom is 0.387 e. The molecule has 1 heterocycles. The molecule has 1 aliphatic rings. The molecule has 0 atom stereocenters. The normalized spacial score (nSPS) is 12.9. The van der Waals surface area contributed by atoms with Crippen molar-refractivity contribution in [2.45, 2.75) is 26.0 Å². The summed E-state index contributed by atoms with van der Waals surface area (Å²) >= 11 is 0. The summed E-state index contributed by atoms with van der Waals surface area (Å²) in [5, 5.41) is 2.79. The largest absolute Gasteiger partial charge is 0.484 e. The van der Waals surface area contributed by atoms with Crippen molar-refractivity contribution in [2.75, 3.05) is 19.0 Å². The second-order valence-corrected chi connectivity index (χ2v) is 6.43. The van der Waals surface area contributed by atoms with Gasteiger partial charge >= 0.3 is 6.61 Å². The molecule has 0 radical (unpaired) electrons. The number of benzene rings is 2. The number of rotatable bonds is 7. The Morgan fingerprint density at radius 1 is 1.14 bits per heavy atom. The second-order valence-electron chi connectivity index (χ2n) is 6.43. The Morgan fingerprint density at radius 3 is 2.57 bits per heavy atom. The second kappa shape index (κ2) is 8.69. The first-order valence-corrected chi connectivity index (χ1v) is 8.74. The van der Waals surface area contributed by atoms with Crippen molar-refractivity contribution in [1.82, 2.24) is 4.90 Å². The molecule has 8 heteroatoms. The number of carbonyl (C=O) groups is 2. The van der Waals surface area contributed by atoms with Gasteiger partial charge in [-0.1, -0.05) is 12.1 Å². The number of nitrogens with one attached hydrogen (secondary N) is 1. The van der Waals surface area contributed by atoms with Crippen LogP contribution in [-0.4, -0.2) is 37.0 Å². The molecule has 0 unspecified atom stereocenters. The summed E-state index contributed by atoms with van der Waals surface area (Å²) < 4.78 is 34.2. The standard InChI is InChI=1S/C20H20F2N2O4/c1-24(11-13-2-5-15(6-3-13)28-20(21)22)19(26)12-27-16-7-8-17-14(10-16)4-9-18(25)23-17/h2-3,5-8,10,20H,4,9,11-12H2,1H3,(H,23,25). The highest BCUT2D eigenvalue weighted by Crippen LogP contribution is 2.26. The fourth-order valence-electron chi connectivity index (χ4n) is 2.84. The van der Waals surface area contributed by atoms with Crippen LogP contribution in [0.3, 0.4) is 0 Å². The number of aryl methyl sites for hydroxylation is 1. The average molecular weight is 390 g/mol. The van der Waals surface area contributed by atoms with E-state index in [1.807, 2.05) is 6.07 Å². The van der Waals surface area contributed by atoms with Gasteiger partial charge in [0.1, 0.15) is 11.5 Å². The quantitative estimate of drug-likeness (QED) is 0.788. The van der Waals surface area contributed by atoms with E-state index in [4.69, 9.17) is 4.74 Å². The summed E-state index contributed by atoms with van der Waals surface area (Å²) in [6, 6.07) is 11.4. The van der Waals surface area contributed by atoms with Crippen LogP contribution in [0, 0.1) is 0 Å². The van der Waals surface area contributed by atoms with Crippen LogP contribution < -0.4 is 14.8 Å². The highest BCUT2D eigenvalue weighted by atomic mass is 19.3. The van der Waals surface area contributed by atoms with Crippen LogP contribution in [0.15, 0.2) is 42.5 Å². The maximum atomic E-state index is 12.3. The number of halogens is 2. The lowest BCUT2D eigenvalue weighted by Gasteiger charge is -2.19. The van der Waals surface area contributed by atoms with Crippen LogP contribution in [0.5, 0.6) is 11.5 Å². The van der Waals surface area contributed by atoms with Gasteiger partial charge < -0.3 is 19.7 Å². The number of hydrogen-bond donors (Lipinski definition) is 1. The van der Waals surface area contributed by atoms with E-state index in [0.29, 0.717) is 25.1 Å². The van der Waals surface area contributed by atoms with Crippen molar-refractivity contribution >= 4 is 17.5 Å². The number of likely N-dealkylation sites (N-methyl/N-ethyl adjacent to an activating group) is 1. The third-order valence-corrected chi connectivity index (χ3v) is 4.33. The Morgan fingerprint density at radius 2 is 1.86 bits per heavy atom. The van der Waals surface area contributed by atoms with Gasteiger partial charge in [-0.15, -0.1) is 0 Å². The van der Waals surface area contributed by atoms with Gasteiger partial charge in [-0.25, -0.2) is 0 Å². The smallest absolute Gasteiger partial charge is 0.387 e. The minimum atomic E-state index is -2.87. The summed E-state index contributed by atoms with van der Waals surface area (Å²) in [5.41, 5.74) is 2.53. The first-order valence-electron chi connectivity index (χ1n) is 8.74. The fourth-order valence-corrected chi connectivity index (χ4v) is 2.84. The molecular formula is C20H20F2N2O4. The van der Waals surface area contributed by atoms with Crippen LogP contribution in [0.4, 0.5) is 14.5 Å². The van der Waals surface area contributed by atoms with Crippen LogP contribution in [0.25, 0.3) is 0 Å². The molecule has 0 saturated carbocycles. The highest BCUT2D eigenvalue weighted by molar-refractivity contribution is 5.94. The summed E-state index contributed by atoms with van der Waals surface area (Å²) in [5.74, 6) is 0.399. The summed E-state index contributed by atoms with van der Waals surface area (Å²) in [6.45, 7) is -2.69. The molecule has 0 aliphatic carbocycles. The third kappa shape index (κ3) is 5.18. The Hall–Kier alpha value is -3.16. The lowest BCUT2D eigenvalue weighted by molar-refractivity contribution is -0.132. The number of anilines is 1. The molecule has 0 spiro atoms. The van der Waals surface area contributed by atoms with E-state index in [-0.39, 0.29) is 24.2 Å². The molecule has 0 bridgehead atoms. The van der Waals surface area contributed by atoms with Crippen molar-refractivity contribution in [1.29, 1.82) is 0 Å². The van der Waals surface area contributed by atoms with E-state index in [0.717, 1.165) is 16.8 Å². The lowest BCUT2D eigenvalue weighted by Crippen LogP contribution is -2.31. The minimum Gasteiger partial charge on any atom is -0.484 e. The monoisotopic (exact) mass is 390 g/mol. The topological polar surface area (TPSA) is 67.9 Å². The molecule has 3 rings (SSSR count). The van der Waals surface area contributed by atoms with E-state index in [1.165, 1.54) is 17.0 Å². The molecule has 1 N–H and O–H groups in total. The van der Waals surface area contributed by atoms with Crippen LogP contribution in [0.2, 0.25) is 0 Å². The predicted octanol–water partition coefficient (Wildman–Crippen LogP) is 3.21. The zero-order chi connectivity index (χ0) is 20.1. The average Bonchev–Trinajstić information content (AvgIpc) is 2.67. The number of alkyl halides is 2. The van der Waals surface area contributed by atoms with Crippen molar-refractivity contribution in [3.63, 3.8) is 0 Å². The zero-order valence-electron chi connectivity index (χ0n) is 15.3. The molecule has 0 saturated heterocycles. The predicted molar refractivity (Wildman–Crippen MR) is 98.4 cm³/mol. The van der Waals surface area contributed by atoms with Crippen molar-refractivity contribution < 1.29 is 27.8 Å². The Kier molecular flexibility index (Phi) is 6.08. The minimum absolute atomic E-state index is 0.00762. The molecule has 0 fully saturated rings. The van der Waals surface area contributed by atoms with Gasteiger partial charge in [0.25, 0.3) is 5.91 Å². The number of amides is 2. The molecule has 148 valence electrons. The van der Waals surface area contributed by atoms with Gasteiger partial charge in [-0.2, -0.15) is 8.78 Å². The van der Waals surface area contributed by atoms with Gasteiger partial charge in [0.15, 0.2) is 6.61 Å². The lowest BCUT2D eigenvalue weighted by atomic mass is 10.0. The number of fused-ring (bicyclic) bond motifs is 1. The summed E-state index contributed by atoms with van der Waals surface area (Å²) in [4.78, 5) is 25.2. The summed E-state index contributed by atoms with van der Waals surface area (Å²) in [6.07, 6.45) is 1.07. The van der Waals surface area contributed by atoms with Gasteiger partial charge in [0.2, 0.25) is 5.91 Å². The molecule has 1 aliphatic heterocycles. The molecule has 2 amide bonds. The Labute approximate surface area is 161 Å². The molecule has 2 aromatic carbocycles. The highest BCUT2D eigenvalue weighted by Gasteiger charge is 2.16. The van der Waals surface area contributed by atoms with E-state index < -0.39 is 6.61 Å². The fraction of sp³-hybridized carbons (Fsp3) is 0.300. The van der Waals surface area contributed by atoms with Crippen molar-refractivity contribution in [2.24, 2.45) is 0 Å². The molecule has 28 heavy (non-hydrogen) atoms. The molecule has 0 aromatic heterocycles. The van der Waals surface area contributed by atoms with Crippen LogP contribution >= 0.6 is 0 Å². The van der Waals surface area contributed by atoms with E-state index in [1.54, 1.807) is 31.3 Å². The summed E-state index contributed by atoms with van der Waals surface area (Å²) in [7, 11) is 1.64. The van der Waals surface area contributed by atoms with Gasteiger partial charge in [0.05, 0.1) is 0 Å². The number of hydrogen-bond acceptors (Lipinski definition) is 4. The van der Waals surface area contributed by atoms with Crippen molar-refractivity contribution in [3.05, 3.63) is 53.6 Å².